The second-order valence-electron chi connectivity index (χ2n) is 8.97. The Morgan fingerprint density at radius 3 is 2.86 bits per heavy atom. The third kappa shape index (κ3) is 2.79. The van der Waals surface area contributed by atoms with Gasteiger partial charge in [0.2, 0.25) is 0 Å². The molecule has 0 aromatic carbocycles. The Morgan fingerprint density at radius 2 is 2.14 bits per heavy atom. The molecule has 1 spiro atoms. The molecule has 0 bridgehead atoms. The van der Waals surface area contributed by atoms with E-state index in [0.717, 1.165) is 62.2 Å². The molecule has 0 radical (unpaired) electrons. The Hall–Kier alpha value is -2.44. The molecule has 2 aliphatic carbocycles. The zero-order chi connectivity index (χ0) is 19.5. The van der Waals surface area contributed by atoms with Crippen LogP contribution < -0.4 is 5.56 Å². The van der Waals surface area contributed by atoms with Crippen LogP contribution in [0, 0.1) is 0 Å². The van der Waals surface area contributed by atoms with Crippen molar-refractivity contribution in [3.05, 3.63) is 45.4 Å². The highest BCUT2D eigenvalue weighted by atomic mass is 16.2. The van der Waals surface area contributed by atoms with Crippen molar-refractivity contribution in [3.8, 4) is 0 Å². The normalized spacial score (nSPS) is 24.2. The van der Waals surface area contributed by atoms with E-state index in [9.17, 15) is 9.59 Å². The quantitative estimate of drug-likeness (QED) is 0.886. The van der Waals surface area contributed by atoms with Crippen LogP contribution in [-0.2, 0) is 11.8 Å². The van der Waals surface area contributed by atoms with Gasteiger partial charge >= 0.3 is 0 Å². The van der Waals surface area contributed by atoms with Gasteiger partial charge < -0.3 is 9.88 Å². The van der Waals surface area contributed by atoms with Gasteiger partial charge in [0.1, 0.15) is 5.82 Å². The molecule has 3 aliphatic rings. The fourth-order valence-corrected chi connectivity index (χ4v) is 4.83. The summed E-state index contributed by atoms with van der Waals surface area (Å²) in [5.74, 6) is 1.30. The lowest BCUT2D eigenvalue weighted by Crippen LogP contribution is -2.48. The number of rotatable bonds is 3. The van der Waals surface area contributed by atoms with Crippen molar-refractivity contribution in [2.45, 2.75) is 69.7 Å². The summed E-state index contributed by atoms with van der Waals surface area (Å²) in [6, 6.07) is 0.229. The lowest BCUT2D eigenvalue weighted by atomic mass is 9.77. The second-order valence-corrected chi connectivity index (χ2v) is 8.97. The SMILES string of the molecule is CC(C)n1cc(C(=O)N2CCCC3(CCc4c3nc(C3CC3)[nH]c4=O)C2)cn1. The summed E-state index contributed by atoms with van der Waals surface area (Å²) in [6.45, 7) is 5.49. The number of piperidine rings is 1. The Morgan fingerprint density at radius 1 is 1.32 bits per heavy atom. The first kappa shape index (κ1) is 17.6. The average molecular weight is 381 g/mol. The second kappa shape index (κ2) is 6.29. The molecule has 28 heavy (non-hydrogen) atoms. The number of fused-ring (bicyclic) bond motifs is 2. The van der Waals surface area contributed by atoms with Crippen molar-refractivity contribution in [1.82, 2.24) is 24.6 Å². The third-order valence-corrected chi connectivity index (χ3v) is 6.60. The minimum Gasteiger partial charge on any atom is -0.338 e. The van der Waals surface area contributed by atoms with Crippen molar-refractivity contribution < 1.29 is 4.79 Å². The molecule has 7 heteroatoms. The fourth-order valence-electron chi connectivity index (χ4n) is 4.83. The Bertz CT molecular complexity index is 987. The molecule has 2 aromatic rings. The fraction of sp³-hybridized carbons (Fsp3) is 0.619. The van der Waals surface area contributed by atoms with Gasteiger partial charge in [0, 0.05) is 42.2 Å². The van der Waals surface area contributed by atoms with Crippen LogP contribution in [0.1, 0.15) is 85.4 Å². The van der Waals surface area contributed by atoms with Gasteiger partial charge in [0.15, 0.2) is 0 Å². The number of nitrogens with one attached hydrogen (secondary N) is 1. The van der Waals surface area contributed by atoms with Crippen LogP contribution in [0.25, 0.3) is 0 Å². The van der Waals surface area contributed by atoms with Crippen molar-refractivity contribution in [1.29, 1.82) is 0 Å². The smallest absolute Gasteiger partial charge is 0.257 e. The first-order valence-electron chi connectivity index (χ1n) is 10.4. The van der Waals surface area contributed by atoms with E-state index in [-0.39, 0.29) is 22.9 Å². The topological polar surface area (TPSA) is 83.9 Å². The summed E-state index contributed by atoms with van der Waals surface area (Å²) in [4.78, 5) is 35.6. The molecule has 1 unspecified atom stereocenters. The zero-order valence-corrected chi connectivity index (χ0v) is 16.6. The van der Waals surface area contributed by atoms with Gasteiger partial charge in [-0.05, 0) is 52.4 Å². The average Bonchev–Trinajstić information content (AvgIpc) is 3.31. The molecular formula is C21H27N5O2. The van der Waals surface area contributed by atoms with Gasteiger partial charge in [0.25, 0.3) is 11.5 Å². The van der Waals surface area contributed by atoms with Crippen LogP contribution in [0.4, 0.5) is 0 Å². The molecule has 3 heterocycles. The van der Waals surface area contributed by atoms with E-state index in [2.05, 4.69) is 10.1 Å². The highest BCUT2D eigenvalue weighted by Gasteiger charge is 2.46. The number of nitrogens with zero attached hydrogens (tertiary/aromatic N) is 4. The van der Waals surface area contributed by atoms with Crippen LogP contribution in [-0.4, -0.2) is 43.6 Å². The number of hydrogen-bond donors (Lipinski definition) is 1. The van der Waals surface area contributed by atoms with Gasteiger partial charge in [-0.15, -0.1) is 0 Å². The van der Waals surface area contributed by atoms with Crippen LogP contribution in [0.15, 0.2) is 17.2 Å². The standard InChI is InChI=1S/C21H27N5O2/c1-13(2)26-11-15(10-22-26)20(28)25-9-3-7-21(12-25)8-6-16-17(21)23-18(14-4-5-14)24-19(16)27/h10-11,13-14H,3-9,12H2,1-2H3,(H,23,24,27). The molecule has 1 saturated heterocycles. The predicted molar refractivity (Wildman–Crippen MR) is 105 cm³/mol. The van der Waals surface area contributed by atoms with E-state index >= 15 is 0 Å². The number of aromatic amines is 1. The minimum atomic E-state index is -0.171. The molecule has 5 rings (SSSR count). The first-order chi connectivity index (χ1) is 13.5. The number of carbonyl (C=O) groups excluding carboxylic acids is 1. The summed E-state index contributed by atoms with van der Waals surface area (Å²) in [5.41, 5.74) is 2.31. The van der Waals surface area contributed by atoms with Crippen molar-refractivity contribution in [2.24, 2.45) is 0 Å². The molecule has 1 atom stereocenters. The van der Waals surface area contributed by atoms with Crippen LogP contribution in [0.2, 0.25) is 0 Å². The molecule has 2 aromatic heterocycles. The Balaban J connectivity index is 1.45. The molecule has 2 fully saturated rings. The van der Waals surface area contributed by atoms with Crippen molar-refractivity contribution >= 4 is 5.91 Å². The highest BCUT2D eigenvalue weighted by Crippen LogP contribution is 2.45. The third-order valence-electron chi connectivity index (χ3n) is 6.60. The van der Waals surface area contributed by atoms with Gasteiger partial charge in [0.05, 0.1) is 17.5 Å². The Kier molecular flexibility index (Phi) is 3.96. The number of aromatic nitrogens is 4. The summed E-state index contributed by atoms with van der Waals surface area (Å²) < 4.78 is 1.82. The van der Waals surface area contributed by atoms with E-state index in [4.69, 9.17) is 4.98 Å². The number of carbonyl (C=O) groups is 1. The molecule has 1 amide bonds. The monoisotopic (exact) mass is 381 g/mol. The van der Waals surface area contributed by atoms with E-state index in [0.29, 0.717) is 18.0 Å². The zero-order valence-electron chi connectivity index (χ0n) is 16.6. The van der Waals surface area contributed by atoms with Crippen LogP contribution in [0.3, 0.4) is 0 Å². The number of hydrogen-bond acceptors (Lipinski definition) is 4. The largest absolute Gasteiger partial charge is 0.338 e. The van der Waals surface area contributed by atoms with Gasteiger partial charge in [-0.2, -0.15) is 5.10 Å². The van der Waals surface area contributed by atoms with E-state index < -0.39 is 0 Å². The minimum absolute atomic E-state index is 0.0328. The summed E-state index contributed by atoms with van der Waals surface area (Å²) in [7, 11) is 0. The molecule has 1 N–H and O–H groups in total. The number of likely N-dealkylation sites (tertiary alicyclic amines) is 1. The lowest BCUT2D eigenvalue weighted by Gasteiger charge is -2.40. The summed E-state index contributed by atoms with van der Waals surface area (Å²) >= 11 is 0. The number of amides is 1. The van der Waals surface area contributed by atoms with Gasteiger partial charge in [-0.3, -0.25) is 14.3 Å². The predicted octanol–water partition coefficient (Wildman–Crippen LogP) is 2.54. The highest BCUT2D eigenvalue weighted by molar-refractivity contribution is 5.93. The summed E-state index contributed by atoms with van der Waals surface area (Å²) in [6.07, 6.45) is 9.33. The maximum atomic E-state index is 13.1. The van der Waals surface area contributed by atoms with Gasteiger partial charge in [-0.1, -0.05) is 0 Å². The molecule has 7 nitrogen and oxygen atoms in total. The molecule has 1 aliphatic heterocycles. The maximum absolute atomic E-state index is 13.1. The Labute approximate surface area is 164 Å². The van der Waals surface area contributed by atoms with Crippen LogP contribution >= 0.6 is 0 Å². The maximum Gasteiger partial charge on any atom is 0.257 e. The molecule has 1 saturated carbocycles. The number of H-pyrrole nitrogens is 1. The van der Waals surface area contributed by atoms with E-state index in [1.54, 1.807) is 6.20 Å². The first-order valence-corrected chi connectivity index (χ1v) is 10.4. The molecule has 148 valence electrons. The van der Waals surface area contributed by atoms with E-state index in [1.165, 1.54) is 0 Å². The van der Waals surface area contributed by atoms with Crippen molar-refractivity contribution in [2.75, 3.05) is 13.1 Å². The van der Waals surface area contributed by atoms with Crippen LogP contribution in [0.5, 0.6) is 0 Å². The van der Waals surface area contributed by atoms with Crippen molar-refractivity contribution in [3.63, 3.8) is 0 Å². The van der Waals surface area contributed by atoms with Gasteiger partial charge in [-0.25, -0.2) is 4.98 Å². The van der Waals surface area contributed by atoms with E-state index in [1.807, 2.05) is 29.6 Å². The lowest BCUT2D eigenvalue weighted by molar-refractivity contribution is 0.0633. The summed E-state index contributed by atoms with van der Waals surface area (Å²) in [5, 5.41) is 4.32. The molecular weight excluding hydrogens is 354 g/mol.